The molecule has 2 unspecified atom stereocenters. The molecule has 0 aliphatic heterocycles. The van der Waals surface area contributed by atoms with Crippen LogP contribution < -0.4 is 5.32 Å². The first-order valence-electron chi connectivity index (χ1n) is 6.79. The lowest BCUT2D eigenvalue weighted by molar-refractivity contribution is 0.0872. The van der Waals surface area contributed by atoms with Crippen LogP contribution in [0.25, 0.3) is 0 Å². The van der Waals surface area contributed by atoms with Crippen LogP contribution in [0.2, 0.25) is 5.02 Å². The maximum Gasteiger partial charge on any atom is 0.251 e. The van der Waals surface area contributed by atoms with Crippen LogP contribution in [0.1, 0.15) is 41.6 Å². The van der Waals surface area contributed by atoms with Crippen molar-refractivity contribution in [3.8, 4) is 0 Å². The van der Waals surface area contributed by atoms with Gasteiger partial charge in [-0.05, 0) is 43.5 Å². The molecule has 0 spiro atoms. The standard InChI is InChI=1S/C15H20ClNO2/c1-10-6-12(8-13(16)7-10)15(19)17-14-5-3-2-4-11(14)9-18/h6-8,11,14,18H,2-5,9H2,1H3,(H,17,19). The van der Waals surface area contributed by atoms with E-state index in [0.717, 1.165) is 31.2 Å². The van der Waals surface area contributed by atoms with Gasteiger partial charge in [-0.3, -0.25) is 4.79 Å². The molecule has 1 fully saturated rings. The number of hydrogen-bond donors (Lipinski definition) is 2. The molecule has 2 rings (SSSR count). The summed E-state index contributed by atoms with van der Waals surface area (Å²) in [4.78, 5) is 12.2. The van der Waals surface area contributed by atoms with Gasteiger partial charge in [-0.15, -0.1) is 0 Å². The van der Waals surface area contributed by atoms with E-state index in [-0.39, 0.29) is 24.5 Å². The van der Waals surface area contributed by atoms with Crippen LogP contribution in [-0.4, -0.2) is 23.7 Å². The van der Waals surface area contributed by atoms with E-state index in [1.807, 2.05) is 19.1 Å². The van der Waals surface area contributed by atoms with Gasteiger partial charge < -0.3 is 10.4 Å². The third-order valence-corrected chi connectivity index (χ3v) is 3.98. The van der Waals surface area contributed by atoms with Crippen LogP contribution in [0.15, 0.2) is 18.2 Å². The number of carbonyl (C=O) groups excluding carboxylic acids is 1. The fraction of sp³-hybridized carbons (Fsp3) is 0.533. The summed E-state index contributed by atoms with van der Waals surface area (Å²) >= 11 is 5.97. The van der Waals surface area contributed by atoms with Gasteiger partial charge in [0.15, 0.2) is 0 Å². The van der Waals surface area contributed by atoms with Crippen LogP contribution in [0.4, 0.5) is 0 Å². The summed E-state index contributed by atoms with van der Waals surface area (Å²) in [6, 6.07) is 5.42. The van der Waals surface area contributed by atoms with E-state index in [0.29, 0.717) is 10.6 Å². The van der Waals surface area contributed by atoms with Crippen molar-refractivity contribution in [1.82, 2.24) is 5.32 Å². The van der Waals surface area contributed by atoms with E-state index in [9.17, 15) is 9.90 Å². The van der Waals surface area contributed by atoms with Crippen LogP contribution in [0.3, 0.4) is 0 Å². The lowest BCUT2D eigenvalue weighted by atomic mass is 9.85. The molecule has 19 heavy (non-hydrogen) atoms. The Morgan fingerprint density at radius 3 is 2.79 bits per heavy atom. The average Bonchev–Trinajstić information content (AvgIpc) is 2.38. The SMILES string of the molecule is Cc1cc(Cl)cc(C(=O)NC2CCCCC2CO)c1. The van der Waals surface area contributed by atoms with Gasteiger partial charge in [-0.2, -0.15) is 0 Å². The van der Waals surface area contributed by atoms with E-state index in [1.54, 1.807) is 6.07 Å². The molecule has 0 heterocycles. The molecule has 1 aliphatic carbocycles. The Labute approximate surface area is 119 Å². The third kappa shape index (κ3) is 3.71. The number of nitrogens with one attached hydrogen (secondary N) is 1. The van der Waals surface area contributed by atoms with Gasteiger partial charge in [0.2, 0.25) is 0 Å². The van der Waals surface area contributed by atoms with Gasteiger partial charge in [0.1, 0.15) is 0 Å². The number of amides is 1. The number of aliphatic hydroxyl groups excluding tert-OH is 1. The van der Waals surface area contributed by atoms with Crippen molar-refractivity contribution < 1.29 is 9.90 Å². The Morgan fingerprint density at radius 1 is 1.37 bits per heavy atom. The van der Waals surface area contributed by atoms with Crippen molar-refractivity contribution in [3.05, 3.63) is 34.3 Å². The zero-order chi connectivity index (χ0) is 13.8. The van der Waals surface area contributed by atoms with Crippen molar-refractivity contribution in [1.29, 1.82) is 0 Å². The van der Waals surface area contributed by atoms with Crippen LogP contribution >= 0.6 is 11.6 Å². The molecule has 0 aromatic heterocycles. The smallest absolute Gasteiger partial charge is 0.251 e. The normalized spacial score (nSPS) is 23.1. The lowest BCUT2D eigenvalue weighted by Crippen LogP contribution is -2.43. The first-order chi connectivity index (χ1) is 9.10. The van der Waals surface area contributed by atoms with Gasteiger partial charge >= 0.3 is 0 Å². The number of aliphatic hydroxyl groups is 1. The topological polar surface area (TPSA) is 49.3 Å². The van der Waals surface area contributed by atoms with Crippen molar-refractivity contribution in [3.63, 3.8) is 0 Å². The van der Waals surface area contributed by atoms with Gasteiger partial charge in [0.25, 0.3) is 5.91 Å². The van der Waals surface area contributed by atoms with Gasteiger partial charge in [0.05, 0.1) is 0 Å². The molecular weight excluding hydrogens is 262 g/mol. The number of aryl methyl sites for hydroxylation is 1. The Bertz CT molecular complexity index is 441. The van der Waals surface area contributed by atoms with Gasteiger partial charge in [-0.25, -0.2) is 0 Å². The maximum atomic E-state index is 12.2. The van der Waals surface area contributed by atoms with E-state index >= 15 is 0 Å². The molecule has 2 atom stereocenters. The molecule has 2 N–H and O–H groups in total. The Morgan fingerprint density at radius 2 is 2.11 bits per heavy atom. The predicted octanol–water partition coefficient (Wildman–Crippen LogP) is 2.93. The second-order valence-corrected chi connectivity index (χ2v) is 5.76. The largest absolute Gasteiger partial charge is 0.396 e. The number of benzene rings is 1. The second kappa shape index (κ2) is 6.40. The van der Waals surface area contributed by atoms with E-state index in [2.05, 4.69) is 5.32 Å². The van der Waals surface area contributed by atoms with E-state index < -0.39 is 0 Å². The van der Waals surface area contributed by atoms with Crippen LogP contribution in [0, 0.1) is 12.8 Å². The lowest BCUT2D eigenvalue weighted by Gasteiger charge is -2.30. The van der Waals surface area contributed by atoms with Crippen molar-refractivity contribution in [2.45, 2.75) is 38.6 Å². The summed E-state index contributed by atoms with van der Waals surface area (Å²) in [5.41, 5.74) is 1.56. The highest BCUT2D eigenvalue weighted by atomic mass is 35.5. The van der Waals surface area contributed by atoms with Crippen molar-refractivity contribution >= 4 is 17.5 Å². The van der Waals surface area contributed by atoms with E-state index in [1.165, 1.54) is 0 Å². The molecule has 0 bridgehead atoms. The zero-order valence-electron chi connectivity index (χ0n) is 11.2. The first kappa shape index (κ1) is 14.4. The summed E-state index contributed by atoms with van der Waals surface area (Å²) in [6.07, 6.45) is 4.16. The summed E-state index contributed by atoms with van der Waals surface area (Å²) in [7, 11) is 0. The number of carbonyl (C=O) groups is 1. The molecule has 104 valence electrons. The molecule has 1 saturated carbocycles. The molecule has 1 amide bonds. The number of rotatable bonds is 3. The minimum atomic E-state index is -0.101. The Balaban J connectivity index is 2.07. The summed E-state index contributed by atoms with van der Waals surface area (Å²) in [5, 5.41) is 13.0. The average molecular weight is 282 g/mol. The van der Waals surface area contributed by atoms with Gasteiger partial charge in [0, 0.05) is 29.2 Å². The highest BCUT2D eigenvalue weighted by molar-refractivity contribution is 6.31. The molecule has 1 aromatic rings. The maximum absolute atomic E-state index is 12.2. The zero-order valence-corrected chi connectivity index (χ0v) is 11.9. The summed E-state index contributed by atoms with van der Waals surface area (Å²) in [5.74, 6) is 0.0777. The second-order valence-electron chi connectivity index (χ2n) is 5.32. The van der Waals surface area contributed by atoms with Crippen molar-refractivity contribution in [2.24, 2.45) is 5.92 Å². The predicted molar refractivity (Wildman–Crippen MR) is 76.5 cm³/mol. The molecule has 1 aliphatic rings. The Hall–Kier alpha value is -1.06. The summed E-state index contributed by atoms with van der Waals surface area (Å²) < 4.78 is 0. The first-order valence-corrected chi connectivity index (χ1v) is 7.17. The third-order valence-electron chi connectivity index (χ3n) is 3.76. The number of halogens is 1. The fourth-order valence-electron chi connectivity index (χ4n) is 2.74. The molecule has 0 radical (unpaired) electrons. The molecule has 1 aromatic carbocycles. The summed E-state index contributed by atoms with van der Waals surface area (Å²) in [6.45, 7) is 2.05. The fourth-order valence-corrected chi connectivity index (χ4v) is 3.03. The Kier molecular flexibility index (Phi) is 4.83. The minimum absolute atomic E-state index is 0.0746. The molecular formula is C15H20ClNO2. The number of hydrogen-bond acceptors (Lipinski definition) is 2. The van der Waals surface area contributed by atoms with Crippen LogP contribution in [0.5, 0.6) is 0 Å². The highest BCUT2D eigenvalue weighted by Crippen LogP contribution is 2.24. The molecule has 4 heteroatoms. The minimum Gasteiger partial charge on any atom is -0.396 e. The highest BCUT2D eigenvalue weighted by Gasteiger charge is 2.26. The molecule has 3 nitrogen and oxygen atoms in total. The van der Waals surface area contributed by atoms with Crippen LogP contribution in [-0.2, 0) is 0 Å². The van der Waals surface area contributed by atoms with E-state index in [4.69, 9.17) is 11.6 Å². The quantitative estimate of drug-likeness (QED) is 0.895. The van der Waals surface area contributed by atoms with Gasteiger partial charge in [-0.1, -0.05) is 24.4 Å². The van der Waals surface area contributed by atoms with Crippen molar-refractivity contribution in [2.75, 3.05) is 6.61 Å². The monoisotopic (exact) mass is 281 g/mol. The molecule has 0 saturated heterocycles.